The molecule has 1 rings (SSSR count). The van der Waals surface area contributed by atoms with Crippen LogP contribution in [0.25, 0.3) is 0 Å². The highest BCUT2D eigenvalue weighted by Crippen LogP contribution is 2.05. The summed E-state index contributed by atoms with van der Waals surface area (Å²) < 4.78 is 5.30. The lowest BCUT2D eigenvalue weighted by Crippen LogP contribution is -2.31. The number of benzene rings is 1. The van der Waals surface area contributed by atoms with Crippen LogP contribution < -0.4 is 5.32 Å². The molecule has 0 aliphatic heterocycles. The van der Waals surface area contributed by atoms with Crippen molar-refractivity contribution in [1.82, 2.24) is 5.32 Å². The number of ether oxygens (including phenoxy) is 1. The Morgan fingerprint density at radius 2 is 2.05 bits per heavy atom. The zero-order valence-electron chi connectivity index (χ0n) is 12.6. The Balaban J connectivity index is 2.18. The zero-order valence-corrected chi connectivity index (χ0v) is 13.5. The summed E-state index contributed by atoms with van der Waals surface area (Å²) >= 11 is 4.81. The molecule has 0 aromatic heterocycles. The number of nitrogens with one attached hydrogen (secondary N) is 1. The molecule has 0 saturated heterocycles. The van der Waals surface area contributed by atoms with Gasteiger partial charge >= 0.3 is 5.97 Å². The molecule has 1 atom stereocenters. The molecule has 4 heteroatoms. The Labute approximate surface area is 133 Å². The van der Waals surface area contributed by atoms with Gasteiger partial charge in [0.05, 0.1) is 5.37 Å². The second kappa shape index (κ2) is 11.4. The van der Waals surface area contributed by atoms with Crippen molar-refractivity contribution in [3.05, 3.63) is 35.9 Å². The second-order valence-corrected chi connectivity index (χ2v) is 5.26. The van der Waals surface area contributed by atoms with Gasteiger partial charge in [0.25, 0.3) is 0 Å². The van der Waals surface area contributed by atoms with E-state index in [1.807, 2.05) is 30.3 Å². The highest BCUT2D eigenvalue weighted by Gasteiger charge is 2.11. The first-order valence-electron chi connectivity index (χ1n) is 7.58. The molecule has 1 unspecified atom stereocenters. The topological polar surface area (TPSA) is 38.3 Å². The average Bonchev–Trinajstić information content (AvgIpc) is 2.51. The SMILES string of the molecule is CCCCCCC(=O)OC([C]=S)CNCc1ccccc1. The maximum atomic E-state index is 11.7. The van der Waals surface area contributed by atoms with Crippen LogP contribution in [0.15, 0.2) is 30.3 Å². The van der Waals surface area contributed by atoms with Gasteiger partial charge < -0.3 is 10.1 Å². The number of hydrogen-bond acceptors (Lipinski definition) is 4. The van der Waals surface area contributed by atoms with E-state index < -0.39 is 6.10 Å². The van der Waals surface area contributed by atoms with Crippen LogP contribution in [0.5, 0.6) is 0 Å². The summed E-state index contributed by atoms with van der Waals surface area (Å²) in [6, 6.07) is 10.1. The van der Waals surface area contributed by atoms with Gasteiger partial charge in [-0.3, -0.25) is 4.79 Å². The van der Waals surface area contributed by atoms with Crippen LogP contribution in [0.4, 0.5) is 0 Å². The molecule has 0 heterocycles. The molecule has 0 bridgehead atoms. The Bertz CT molecular complexity index is 409. The fourth-order valence-electron chi connectivity index (χ4n) is 1.96. The third-order valence-corrected chi connectivity index (χ3v) is 3.40. The van der Waals surface area contributed by atoms with Gasteiger partial charge in [-0.1, -0.05) is 68.7 Å². The molecule has 1 aromatic carbocycles. The first-order valence-corrected chi connectivity index (χ1v) is 7.99. The van der Waals surface area contributed by atoms with Gasteiger partial charge in [0.1, 0.15) is 0 Å². The molecule has 21 heavy (non-hydrogen) atoms. The number of carbonyl (C=O) groups excluding carboxylic acids is 1. The summed E-state index contributed by atoms with van der Waals surface area (Å²) in [5.41, 5.74) is 1.19. The summed E-state index contributed by atoms with van der Waals surface area (Å²) in [7, 11) is 0. The lowest BCUT2D eigenvalue weighted by atomic mass is 10.1. The molecule has 0 amide bonds. The van der Waals surface area contributed by atoms with Gasteiger partial charge in [-0.05, 0) is 12.0 Å². The van der Waals surface area contributed by atoms with Gasteiger partial charge in [0, 0.05) is 19.5 Å². The zero-order chi connectivity index (χ0) is 15.3. The minimum Gasteiger partial charge on any atom is -0.455 e. The molecular formula is C17H24NO2S. The minimum atomic E-state index is -0.456. The second-order valence-electron chi connectivity index (χ2n) is 5.02. The summed E-state index contributed by atoms with van der Waals surface area (Å²) in [5.74, 6) is -0.185. The van der Waals surface area contributed by atoms with Crippen molar-refractivity contribution >= 4 is 23.6 Å². The van der Waals surface area contributed by atoms with Gasteiger partial charge in [-0.2, -0.15) is 0 Å². The molecule has 0 aliphatic carbocycles. The third-order valence-electron chi connectivity index (χ3n) is 3.14. The van der Waals surface area contributed by atoms with E-state index in [0.29, 0.717) is 13.0 Å². The molecule has 115 valence electrons. The fourth-order valence-corrected chi connectivity index (χ4v) is 2.10. The van der Waals surface area contributed by atoms with Gasteiger partial charge in [-0.25, -0.2) is 0 Å². The van der Waals surface area contributed by atoms with Gasteiger partial charge in [0.2, 0.25) is 0 Å². The van der Waals surface area contributed by atoms with Gasteiger partial charge in [-0.15, -0.1) is 0 Å². The molecule has 0 fully saturated rings. The van der Waals surface area contributed by atoms with Crippen LogP contribution in [0.2, 0.25) is 0 Å². The van der Waals surface area contributed by atoms with E-state index >= 15 is 0 Å². The van der Waals surface area contributed by atoms with Crippen LogP contribution in [-0.4, -0.2) is 24.0 Å². The van der Waals surface area contributed by atoms with Crippen molar-refractivity contribution in [2.45, 2.75) is 51.7 Å². The van der Waals surface area contributed by atoms with E-state index in [1.54, 1.807) is 0 Å². The predicted octanol–water partition coefficient (Wildman–Crippen LogP) is 3.54. The molecule has 0 spiro atoms. The molecule has 0 aliphatic rings. The lowest BCUT2D eigenvalue weighted by molar-refractivity contribution is -0.145. The molecule has 1 N–H and O–H groups in total. The number of unbranched alkanes of at least 4 members (excludes halogenated alkanes) is 3. The number of hydrogen-bond donors (Lipinski definition) is 1. The van der Waals surface area contributed by atoms with Crippen LogP contribution in [0.3, 0.4) is 0 Å². The molecule has 3 nitrogen and oxygen atoms in total. The van der Waals surface area contributed by atoms with Crippen molar-refractivity contribution in [3.8, 4) is 0 Å². The number of esters is 1. The van der Waals surface area contributed by atoms with Gasteiger partial charge in [0.15, 0.2) is 6.10 Å². The van der Waals surface area contributed by atoms with E-state index in [-0.39, 0.29) is 5.97 Å². The van der Waals surface area contributed by atoms with Crippen molar-refractivity contribution < 1.29 is 9.53 Å². The van der Waals surface area contributed by atoms with Crippen LogP contribution in [0, 0.1) is 0 Å². The molecule has 1 aromatic rings. The standard InChI is InChI=1S/C17H24NO2S/c1-2-3-4-8-11-17(19)20-16(14-21)13-18-12-15-9-6-5-7-10-15/h5-7,9-10,16,18H,2-4,8,11-13H2,1H3. The molecular weight excluding hydrogens is 282 g/mol. The Hall–Kier alpha value is -1.26. The Kier molecular flexibility index (Phi) is 9.66. The maximum absolute atomic E-state index is 11.7. The van der Waals surface area contributed by atoms with Crippen LogP contribution in [0.1, 0.15) is 44.6 Å². The third kappa shape index (κ3) is 8.58. The van der Waals surface area contributed by atoms with E-state index in [0.717, 1.165) is 32.2 Å². The number of carbonyl (C=O) groups is 1. The highest BCUT2D eigenvalue weighted by molar-refractivity contribution is 7.79. The van der Waals surface area contributed by atoms with Crippen LogP contribution >= 0.6 is 12.2 Å². The quantitative estimate of drug-likeness (QED) is 0.385. The first kappa shape index (κ1) is 17.8. The maximum Gasteiger partial charge on any atom is 0.306 e. The van der Waals surface area contributed by atoms with Crippen molar-refractivity contribution in [2.75, 3.05) is 6.54 Å². The van der Waals surface area contributed by atoms with Crippen LogP contribution in [-0.2, 0) is 16.1 Å². The minimum absolute atomic E-state index is 0.185. The van der Waals surface area contributed by atoms with Crippen molar-refractivity contribution in [1.29, 1.82) is 0 Å². The van der Waals surface area contributed by atoms with E-state index in [1.165, 1.54) is 5.56 Å². The summed E-state index contributed by atoms with van der Waals surface area (Å²) in [6.07, 6.45) is 4.29. The average molecular weight is 306 g/mol. The number of thiocarbonyl (C=S) groups is 1. The largest absolute Gasteiger partial charge is 0.455 e. The van der Waals surface area contributed by atoms with E-state index in [4.69, 9.17) is 17.0 Å². The Morgan fingerprint density at radius 1 is 1.29 bits per heavy atom. The number of rotatable bonds is 11. The lowest BCUT2D eigenvalue weighted by Gasteiger charge is -2.14. The highest BCUT2D eigenvalue weighted by atomic mass is 32.1. The Morgan fingerprint density at radius 3 is 2.71 bits per heavy atom. The van der Waals surface area contributed by atoms with Crippen molar-refractivity contribution in [3.63, 3.8) is 0 Å². The smallest absolute Gasteiger partial charge is 0.306 e. The first-order chi connectivity index (χ1) is 10.3. The summed E-state index contributed by atoms with van der Waals surface area (Å²) in [4.78, 5) is 11.7. The monoisotopic (exact) mass is 306 g/mol. The summed E-state index contributed by atoms with van der Waals surface area (Å²) in [5, 5.41) is 5.83. The molecule has 0 saturated carbocycles. The van der Waals surface area contributed by atoms with E-state index in [9.17, 15) is 4.79 Å². The predicted molar refractivity (Wildman–Crippen MR) is 89.4 cm³/mol. The normalized spacial score (nSPS) is 11.9. The fraction of sp³-hybridized carbons (Fsp3) is 0.529. The molecule has 1 radical (unpaired) electrons. The van der Waals surface area contributed by atoms with Crippen molar-refractivity contribution in [2.24, 2.45) is 0 Å². The van der Waals surface area contributed by atoms with E-state index in [2.05, 4.69) is 17.6 Å². The summed E-state index contributed by atoms with van der Waals surface area (Å²) in [6.45, 7) is 3.37.